The molecule has 0 spiro atoms. The SMILES string of the molecule is CC(C)(C)Nc1cc2c(c3c1[Si]3(C)CCO)[CH]([Ti+2])c1ccccc1-2.[Cl-].[Cl-]. The largest absolute Gasteiger partial charge is 1.00 e. The number of anilines is 1. The summed E-state index contributed by atoms with van der Waals surface area (Å²) in [5.41, 5.74) is 7.17. The molecule has 6 heteroatoms. The predicted molar refractivity (Wildman–Crippen MR) is 99.9 cm³/mol. The van der Waals surface area contributed by atoms with Crippen molar-refractivity contribution in [2.24, 2.45) is 0 Å². The van der Waals surface area contributed by atoms with Gasteiger partial charge in [0.1, 0.15) is 0 Å². The molecule has 2 nitrogen and oxygen atoms in total. The van der Waals surface area contributed by atoms with Crippen molar-refractivity contribution in [1.29, 1.82) is 0 Å². The van der Waals surface area contributed by atoms with E-state index in [4.69, 9.17) is 0 Å². The van der Waals surface area contributed by atoms with Crippen molar-refractivity contribution in [3.63, 3.8) is 0 Å². The molecule has 2 unspecified atom stereocenters. The van der Waals surface area contributed by atoms with Crippen LogP contribution in [0.5, 0.6) is 0 Å². The van der Waals surface area contributed by atoms with Gasteiger partial charge in [0.05, 0.1) is 0 Å². The van der Waals surface area contributed by atoms with Gasteiger partial charge in [-0.05, 0) is 0 Å². The Morgan fingerprint density at radius 2 is 1.77 bits per heavy atom. The van der Waals surface area contributed by atoms with Gasteiger partial charge in [-0.15, -0.1) is 0 Å². The van der Waals surface area contributed by atoms with Crippen LogP contribution in [0, 0.1) is 0 Å². The van der Waals surface area contributed by atoms with E-state index < -0.39 is 8.07 Å². The molecule has 2 atom stereocenters. The first kappa shape index (κ1) is 22.0. The summed E-state index contributed by atoms with van der Waals surface area (Å²) in [6.45, 7) is 9.38. The number of halogens is 2. The van der Waals surface area contributed by atoms with E-state index in [0.29, 0.717) is 10.8 Å². The molecule has 4 rings (SSSR count). The summed E-state index contributed by atoms with van der Waals surface area (Å²) in [6.07, 6.45) is 0. The first-order valence-electron chi connectivity index (χ1n) is 8.69. The first-order valence-corrected chi connectivity index (χ1v) is 12.3. The van der Waals surface area contributed by atoms with Gasteiger partial charge >= 0.3 is 157 Å². The Kier molecular flexibility index (Phi) is 6.15. The third-order valence-corrected chi connectivity index (χ3v) is 10.5. The molecule has 0 amide bonds. The maximum atomic E-state index is 9.64. The number of benzene rings is 2. The van der Waals surface area contributed by atoms with Crippen LogP contribution in [0.2, 0.25) is 12.6 Å². The van der Waals surface area contributed by atoms with Crippen LogP contribution < -0.4 is 40.5 Å². The van der Waals surface area contributed by atoms with Gasteiger partial charge in [-0.1, -0.05) is 0 Å². The van der Waals surface area contributed by atoms with Crippen LogP contribution in [0.25, 0.3) is 11.1 Å². The van der Waals surface area contributed by atoms with Crippen LogP contribution in [0.1, 0.15) is 36.1 Å². The topological polar surface area (TPSA) is 32.3 Å². The molecule has 2 aromatic carbocycles. The van der Waals surface area contributed by atoms with Crippen LogP contribution in [0.3, 0.4) is 0 Å². The molecule has 1 aliphatic carbocycles. The van der Waals surface area contributed by atoms with Gasteiger partial charge in [0.25, 0.3) is 0 Å². The first-order chi connectivity index (χ1) is 11.3. The Morgan fingerprint density at radius 1 is 1.12 bits per heavy atom. The molecule has 0 radical (unpaired) electrons. The average Bonchev–Trinajstić information content (AvgIpc) is 3.00. The maximum absolute atomic E-state index is 9.64. The third kappa shape index (κ3) is 3.21. The molecular formula is C20H24Cl2NOSiTi. The average molecular weight is 441 g/mol. The van der Waals surface area contributed by atoms with E-state index in [1.54, 1.807) is 15.9 Å². The second-order valence-electron chi connectivity index (χ2n) is 8.34. The van der Waals surface area contributed by atoms with Gasteiger partial charge in [0.2, 0.25) is 0 Å². The molecule has 0 bridgehead atoms. The van der Waals surface area contributed by atoms with Crippen LogP contribution >= 0.6 is 0 Å². The summed E-state index contributed by atoms with van der Waals surface area (Å²) in [6, 6.07) is 12.2. The summed E-state index contributed by atoms with van der Waals surface area (Å²) < 4.78 is 0.474. The maximum Gasteiger partial charge on any atom is -1.00 e. The second kappa shape index (κ2) is 7.27. The number of hydrogen-bond acceptors (Lipinski definition) is 2. The molecule has 2 N–H and O–H groups in total. The smallest absolute Gasteiger partial charge is 1.00 e. The molecule has 1 heterocycles. The zero-order valence-electron chi connectivity index (χ0n) is 15.6. The van der Waals surface area contributed by atoms with Crippen LogP contribution in [0.4, 0.5) is 5.69 Å². The van der Waals surface area contributed by atoms with E-state index in [9.17, 15) is 5.11 Å². The van der Waals surface area contributed by atoms with E-state index in [2.05, 4.69) is 83.4 Å². The fourth-order valence-electron chi connectivity index (χ4n) is 4.35. The quantitative estimate of drug-likeness (QED) is 0.499. The molecule has 2 aliphatic rings. The van der Waals surface area contributed by atoms with Crippen LogP contribution in [-0.2, 0) is 20.4 Å². The van der Waals surface area contributed by atoms with Gasteiger partial charge in [0.15, 0.2) is 0 Å². The Labute approximate surface area is 181 Å². The van der Waals surface area contributed by atoms with Gasteiger partial charge in [-0.25, -0.2) is 0 Å². The molecule has 0 fully saturated rings. The summed E-state index contributed by atoms with van der Waals surface area (Å²) in [5.74, 6) is 0. The zero-order valence-corrected chi connectivity index (χ0v) is 19.7. The Hall–Kier alpha value is -0.289. The van der Waals surface area contributed by atoms with Crippen molar-refractivity contribution in [1.82, 2.24) is 0 Å². The Balaban J connectivity index is 0.00000121. The summed E-state index contributed by atoms with van der Waals surface area (Å²) in [4.78, 5) is 0. The van der Waals surface area contributed by atoms with Crippen molar-refractivity contribution in [2.75, 3.05) is 11.9 Å². The van der Waals surface area contributed by atoms with Crippen molar-refractivity contribution in [2.45, 2.75) is 43.1 Å². The van der Waals surface area contributed by atoms with Crippen molar-refractivity contribution in [3.05, 3.63) is 41.5 Å². The minimum atomic E-state index is -1.64. The number of nitrogens with one attached hydrogen (secondary N) is 1. The van der Waals surface area contributed by atoms with Crippen molar-refractivity contribution < 1.29 is 50.4 Å². The minimum Gasteiger partial charge on any atom is -1.00 e. The number of aliphatic hydroxyl groups is 1. The fraction of sp³-hybridized carbons (Fsp3) is 0.400. The van der Waals surface area contributed by atoms with Crippen LogP contribution in [0.15, 0.2) is 30.3 Å². The van der Waals surface area contributed by atoms with Gasteiger partial charge in [-0.3, -0.25) is 0 Å². The normalized spacial score (nSPS) is 21.7. The summed E-state index contributed by atoms with van der Waals surface area (Å²) >= 11 is 2.34. The second-order valence-corrected chi connectivity index (χ2v) is 13.4. The zero-order chi connectivity index (χ0) is 17.3. The van der Waals surface area contributed by atoms with E-state index in [0.717, 1.165) is 6.04 Å². The van der Waals surface area contributed by atoms with Crippen molar-refractivity contribution in [3.8, 4) is 11.1 Å². The standard InChI is InChI=1S/C20H24NOSi.2ClH.Ti/c1-20(2,3)21-17-12-15-14-8-6-5-7-13(14)11-16(15)18-19(17)23(18,4)10-9-22;;;/h5-8,11-12,21-22H,9-10H2,1-4H3;2*1H;/q;;;+2/p-2. The molecule has 0 saturated heterocycles. The molecular weight excluding hydrogens is 417 g/mol. The molecule has 2 aromatic rings. The fourth-order valence-corrected chi connectivity index (χ4v) is 9.73. The summed E-state index contributed by atoms with van der Waals surface area (Å²) in [5, 5.41) is 16.6. The Morgan fingerprint density at radius 3 is 2.38 bits per heavy atom. The molecule has 0 aromatic heterocycles. The minimum absolute atomic E-state index is 0. The molecule has 1 aliphatic heterocycles. The molecule has 0 saturated carbocycles. The predicted octanol–water partition coefficient (Wildman–Crippen LogP) is -2.98. The molecule has 137 valence electrons. The number of rotatable bonds is 3. The number of aliphatic hydroxyl groups excluding tert-OH is 1. The number of hydrogen-bond donors (Lipinski definition) is 2. The van der Waals surface area contributed by atoms with Gasteiger partial charge in [0, 0.05) is 0 Å². The summed E-state index contributed by atoms with van der Waals surface area (Å²) in [7, 11) is -1.64. The Bertz CT molecular complexity index is 852. The monoisotopic (exact) mass is 440 g/mol. The van der Waals surface area contributed by atoms with Gasteiger partial charge < -0.3 is 24.8 Å². The molecule has 26 heavy (non-hydrogen) atoms. The van der Waals surface area contributed by atoms with Crippen LogP contribution in [-0.4, -0.2) is 25.3 Å². The van der Waals surface area contributed by atoms with E-state index in [-0.39, 0.29) is 30.4 Å². The third-order valence-electron chi connectivity index (χ3n) is 5.38. The van der Waals surface area contributed by atoms with Crippen molar-refractivity contribution >= 4 is 24.1 Å². The van der Waals surface area contributed by atoms with Gasteiger partial charge in [-0.2, -0.15) is 0 Å². The van der Waals surface area contributed by atoms with E-state index >= 15 is 0 Å². The number of fused-ring (bicyclic) bond motifs is 5. The van der Waals surface area contributed by atoms with E-state index in [1.165, 1.54) is 22.4 Å². The van der Waals surface area contributed by atoms with E-state index in [1.807, 2.05) is 0 Å².